The van der Waals surface area contributed by atoms with Crippen LogP contribution in [0, 0.1) is 5.92 Å². The van der Waals surface area contributed by atoms with Crippen molar-refractivity contribution in [3.8, 4) is 0 Å². The normalized spacial score (nSPS) is 18.5. The second-order valence-corrected chi connectivity index (χ2v) is 7.02. The van der Waals surface area contributed by atoms with E-state index in [4.69, 9.17) is 4.74 Å². The van der Waals surface area contributed by atoms with Crippen molar-refractivity contribution in [3.05, 3.63) is 0 Å². The summed E-state index contributed by atoms with van der Waals surface area (Å²) >= 11 is 0. The third-order valence-electron chi connectivity index (χ3n) is 3.58. The van der Waals surface area contributed by atoms with Crippen LogP contribution in [-0.2, 0) is 14.9 Å². The molecule has 0 amide bonds. The predicted molar refractivity (Wildman–Crippen MR) is 80.9 cm³/mol. The van der Waals surface area contributed by atoms with E-state index in [0.29, 0.717) is 38.8 Å². The highest BCUT2D eigenvalue weighted by molar-refractivity contribution is 7.87. The molecule has 0 saturated carbocycles. The van der Waals surface area contributed by atoms with Gasteiger partial charge >= 0.3 is 0 Å². The Morgan fingerprint density at radius 1 is 1.25 bits per heavy atom. The lowest BCUT2D eigenvalue weighted by atomic mass is 9.98. The molecule has 1 heterocycles. The number of ether oxygens (including phenoxy) is 1. The van der Waals surface area contributed by atoms with Crippen LogP contribution in [0.4, 0.5) is 0 Å². The zero-order valence-electron chi connectivity index (χ0n) is 12.7. The molecule has 1 rings (SSSR count). The number of unbranched alkanes of at least 4 members (excludes halogenated alkanes) is 1. The van der Waals surface area contributed by atoms with Gasteiger partial charge in [0.15, 0.2) is 0 Å². The summed E-state index contributed by atoms with van der Waals surface area (Å²) in [6.07, 6.45) is 3.96. The van der Waals surface area contributed by atoms with Gasteiger partial charge in [-0.3, -0.25) is 0 Å². The largest absolute Gasteiger partial charge is 0.380 e. The zero-order chi connectivity index (χ0) is 14.8. The van der Waals surface area contributed by atoms with Crippen LogP contribution in [0.2, 0.25) is 0 Å². The van der Waals surface area contributed by atoms with Crippen LogP contribution in [-0.4, -0.2) is 59.2 Å². The van der Waals surface area contributed by atoms with Crippen molar-refractivity contribution in [3.63, 3.8) is 0 Å². The Balaban J connectivity index is 2.21. The van der Waals surface area contributed by atoms with Crippen LogP contribution in [0.3, 0.4) is 0 Å². The van der Waals surface area contributed by atoms with E-state index in [0.717, 1.165) is 32.2 Å². The highest BCUT2D eigenvalue weighted by atomic mass is 32.2. The molecule has 0 bridgehead atoms. The fourth-order valence-electron chi connectivity index (χ4n) is 2.32. The van der Waals surface area contributed by atoms with E-state index in [-0.39, 0.29) is 0 Å². The maximum atomic E-state index is 12.1. The summed E-state index contributed by atoms with van der Waals surface area (Å²) in [5.74, 6) is 0.587. The second-order valence-electron chi connectivity index (χ2n) is 5.27. The maximum Gasteiger partial charge on any atom is 0.279 e. The Morgan fingerprint density at radius 3 is 2.55 bits per heavy atom. The van der Waals surface area contributed by atoms with Gasteiger partial charge in [-0.1, -0.05) is 13.3 Å². The second kappa shape index (κ2) is 9.68. The molecule has 0 aromatic heterocycles. The van der Waals surface area contributed by atoms with E-state index in [9.17, 15) is 8.42 Å². The molecule has 7 heteroatoms. The van der Waals surface area contributed by atoms with E-state index >= 15 is 0 Å². The van der Waals surface area contributed by atoms with Crippen LogP contribution < -0.4 is 10.0 Å². The molecule has 0 aromatic rings. The summed E-state index contributed by atoms with van der Waals surface area (Å²) in [7, 11) is -1.40. The van der Waals surface area contributed by atoms with E-state index in [2.05, 4.69) is 17.0 Å². The van der Waals surface area contributed by atoms with Crippen molar-refractivity contribution in [1.29, 1.82) is 0 Å². The first-order valence-electron chi connectivity index (χ1n) is 7.57. The summed E-state index contributed by atoms with van der Waals surface area (Å²) in [5, 5.41) is 3.15. The van der Waals surface area contributed by atoms with Gasteiger partial charge in [-0.05, 0) is 38.8 Å². The molecule has 1 aliphatic rings. The number of piperidine rings is 1. The lowest BCUT2D eigenvalue weighted by molar-refractivity contribution is 0.136. The minimum atomic E-state index is -3.33. The highest BCUT2D eigenvalue weighted by Crippen LogP contribution is 2.18. The molecule has 120 valence electrons. The third-order valence-corrected chi connectivity index (χ3v) is 5.19. The first-order chi connectivity index (χ1) is 9.60. The third kappa shape index (κ3) is 6.49. The summed E-state index contributed by atoms with van der Waals surface area (Å²) < 4.78 is 33.7. The molecular weight excluding hydrogens is 278 g/mol. The lowest BCUT2D eigenvalue weighted by Crippen LogP contribution is -2.46. The molecule has 2 N–H and O–H groups in total. The van der Waals surface area contributed by atoms with Gasteiger partial charge in [0.2, 0.25) is 0 Å². The van der Waals surface area contributed by atoms with Crippen molar-refractivity contribution in [1.82, 2.24) is 14.3 Å². The van der Waals surface area contributed by atoms with Gasteiger partial charge in [-0.15, -0.1) is 0 Å². The Morgan fingerprint density at radius 2 is 1.95 bits per heavy atom. The number of nitrogens with zero attached hydrogens (tertiary/aromatic N) is 1. The Bertz CT molecular complexity index is 341. The Hall–Kier alpha value is -0.210. The number of nitrogens with one attached hydrogen (secondary N) is 2. The summed E-state index contributed by atoms with van der Waals surface area (Å²) in [6.45, 7) is 5.78. The molecule has 0 spiro atoms. The predicted octanol–water partition coefficient (Wildman–Crippen LogP) is 0.569. The summed E-state index contributed by atoms with van der Waals surface area (Å²) in [4.78, 5) is 0. The topological polar surface area (TPSA) is 70.7 Å². The number of hydrogen-bond acceptors (Lipinski definition) is 4. The minimum absolute atomic E-state index is 0.350. The molecule has 1 aliphatic heterocycles. The maximum absolute atomic E-state index is 12.1. The fourth-order valence-corrected chi connectivity index (χ4v) is 3.54. The zero-order valence-corrected chi connectivity index (χ0v) is 13.5. The average Bonchev–Trinajstić information content (AvgIpc) is 2.44. The quantitative estimate of drug-likeness (QED) is 0.579. The van der Waals surface area contributed by atoms with Gasteiger partial charge in [-0.25, -0.2) is 0 Å². The minimum Gasteiger partial charge on any atom is -0.380 e. The van der Waals surface area contributed by atoms with Gasteiger partial charge in [0.1, 0.15) is 0 Å². The van der Waals surface area contributed by atoms with Crippen molar-refractivity contribution < 1.29 is 13.2 Å². The lowest BCUT2D eigenvalue weighted by Gasteiger charge is -2.31. The first-order valence-corrected chi connectivity index (χ1v) is 9.01. The van der Waals surface area contributed by atoms with Gasteiger partial charge in [0, 0.05) is 26.2 Å². The number of rotatable bonds is 10. The first kappa shape index (κ1) is 17.8. The standard InChI is InChI=1S/C13H29N3O3S/c1-3-4-10-19-11-7-15-20(17,18)16-8-5-13(6-9-16)12-14-2/h13-15H,3-12H2,1-2H3. The molecular formula is C13H29N3O3S. The molecule has 0 radical (unpaired) electrons. The van der Waals surface area contributed by atoms with Gasteiger partial charge in [0.25, 0.3) is 10.2 Å². The van der Waals surface area contributed by atoms with E-state index in [1.54, 1.807) is 4.31 Å². The molecule has 20 heavy (non-hydrogen) atoms. The molecule has 0 unspecified atom stereocenters. The smallest absolute Gasteiger partial charge is 0.279 e. The molecule has 6 nitrogen and oxygen atoms in total. The van der Waals surface area contributed by atoms with E-state index < -0.39 is 10.2 Å². The van der Waals surface area contributed by atoms with Crippen LogP contribution in [0.25, 0.3) is 0 Å². The van der Waals surface area contributed by atoms with Crippen molar-refractivity contribution in [2.24, 2.45) is 5.92 Å². The highest BCUT2D eigenvalue weighted by Gasteiger charge is 2.27. The fraction of sp³-hybridized carbons (Fsp3) is 1.00. The Kier molecular flexibility index (Phi) is 8.63. The molecule has 0 atom stereocenters. The monoisotopic (exact) mass is 307 g/mol. The van der Waals surface area contributed by atoms with Crippen LogP contribution in [0.5, 0.6) is 0 Å². The summed E-state index contributed by atoms with van der Waals surface area (Å²) in [6, 6.07) is 0. The van der Waals surface area contributed by atoms with Crippen LogP contribution >= 0.6 is 0 Å². The molecule has 1 fully saturated rings. The molecule has 0 aliphatic carbocycles. The van der Waals surface area contributed by atoms with Crippen LogP contribution in [0.1, 0.15) is 32.6 Å². The van der Waals surface area contributed by atoms with Crippen LogP contribution in [0.15, 0.2) is 0 Å². The van der Waals surface area contributed by atoms with Crippen molar-refractivity contribution in [2.45, 2.75) is 32.6 Å². The SMILES string of the molecule is CCCCOCCNS(=O)(=O)N1CCC(CNC)CC1. The van der Waals surface area contributed by atoms with Gasteiger partial charge in [0.05, 0.1) is 6.61 Å². The van der Waals surface area contributed by atoms with E-state index in [1.165, 1.54) is 0 Å². The molecule has 0 aromatic carbocycles. The Labute approximate surface area is 123 Å². The van der Waals surface area contributed by atoms with Gasteiger partial charge < -0.3 is 10.1 Å². The van der Waals surface area contributed by atoms with E-state index in [1.807, 2.05) is 7.05 Å². The van der Waals surface area contributed by atoms with Gasteiger partial charge in [-0.2, -0.15) is 17.4 Å². The number of hydrogen-bond donors (Lipinski definition) is 2. The molecule has 1 saturated heterocycles. The summed E-state index contributed by atoms with van der Waals surface area (Å²) in [5.41, 5.74) is 0. The average molecular weight is 307 g/mol. The van der Waals surface area contributed by atoms with Crippen molar-refractivity contribution in [2.75, 3.05) is 46.4 Å². The van der Waals surface area contributed by atoms with Crippen molar-refractivity contribution >= 4 is 10.2 Å².